The highest BCUT2D eigenvalue weighted by molar-refractivity contribution is 6.04. The summed E-state index contributed by atoms with van der Waals surface area (Å²) in [7, 11) is 2.05. The molecule has 4 heteroatoms. The molecular formula is C20H19N3O. The van der Waals surface area contributed by atoms with Gasteiger partial charge in [0.05, 0.1) is 5.56 Å². The highest BCUT2D eigenvalue weighted by atomic mass is 16.1. The van der Waals surface area contributed by atoms with Gasteiger partial charge in [0.15, 0.2) is 0 Å². The lowest BCUT2D eigenvalue weighted by atomic mass is 10.2. The van der Waals surface area contributed by atoms with Crippen molar-refractivity contribution < 1.29 is 4.79 Å². The number of anilines is 2. The van der Waals surface area contributed by atoms with E-state index in [4.69, 9.17) is 0 Å². The van der Waals surface area contributed by atoms with Crippen LogP contribution in [0.2, 0.25) is 0 Å². The van der Waals surface area contributed by atoms with E-state index >= 15 is 0 Å². The van der Waals surface area contributed by atoms with Gasteiger partial charge in [0.1, 0.15) is 0 Å². The van der Waals surface area contributed by atoms with Crippen molar-refractivity contribution in [3.05, 3.63) is 90.3 Å². The number of amides is 1. The fourth-order valence-electron chi connectivity index (χ4n) is 2.45. The first-order chi connectivity index (χ1) is 11.7. The molecule has 120 valence electrons. The minimum atomic E-state index is -0.159. The van der Waals surface area contributed by atoms with Crippen LogP contribution in [-0.2, 0) is 6.54 Å². The van der Waals surface area contributed by atoms with Crippen molar-refractivity contribution in [3.8, 4) is 0 Å². The number of carbonyl (C=O) groups excluding carboxylic acids is 1. The first kappa shape index (κ1) is 15.7. The van der Waals surface area contributed by atoms with Gasteiger partial charge in [-0.15, -0.1) is 0 Å². The summed E-state index contributed by atoms with van der Waals surface area (Å²) in [6.07, 6.45) is 3.20. The summed E-state index contributed by atoms with van der Waals surface area (Å²) in [5.74, 6) is -0.159. The maximum atomic E-state index is 12.1. The molecule has 1 amide bonds. The number of rotatable bonds is 5. The molecule has 0 saturated heterocycles. The molecule has 0 aliphatic heterocycles. The molecule has 3 aromatic rings. The fraction of sp³-hybridized carbons (Fsp3) is 0.100. The van der Waals surface area contributed by atoms with E-state index in [1.807, 2.05) is 42.5 Å². The third kappa shape index (κ3) is 3.98. The van der Waals surface area contributed by atoms with E-state index in [1.165, 1.54) is 5.56 Å². The molecule has 0 aliphatic rings. The molecule has 0 bridgehead atoms. The van der Waals surface area contributed by atoms with Crippen molar-refractivity contribution >= 4 is 17.3 Å². The van der Waals surface area contributed by atoms with Gasteiger partial charge in [-0.1, -0.05) is 30.3 Å². The quantitative estimate of drug-likeness (QED) is 0.774. The first-order valence-corrected chi connectivity index (χ1v) is 7.79. The SMILES string of the molecule is CN(Cc1ccccc1)c1ccc(NC(=O)c2cccnc2)cc1. The van der Waals surface area contributed by atoms with Crippen molar-refractivity contribution in [2.24, 2.45) is 0 Å². The summed E-state index contributed by atoms with van der Waals surface area (Å²) in [6.45, 7) is 0.836. The van der Waals surface area contributed by atoms with E-state index in [9.17, 15) is 4.79 Å². The lowest BCUT2D eigenvalue weighted by Crippen LogP contribution is -2.16. The molecule has 0 spiro atoms. The summed E-state index contributed by atoms with van der Waals surface area (Å²) in [6, 6.07) is 21.6. The Morgan fingerprint density at radius 2 is 1.75 bits per heavy atom. The number of benzene rings is 2. The Labute approximate surface area is 141 Å². The molecule has 24 heavy (non-hydrogen) atoms. The molecular weight excluding hydrogens is 298 g/mol. The zero-order chi connectivity index (χ0) is 16.8. The van der Waals surface area contributed by atoms with Gasteiger partial charge in [-0.25, -0.2) is 0 Å². The Bertz CT molecular complexity index is 786. The van der Waals surface area contributed by atoms with Crippen molar-refractivity contribution in [2.45, 2.75) is 6.54 Å². The van der Waals surface area contributed by atoms with Gasteiger partial charge < -0.3 is 10.2 Å². The predicted octanol–water partition coefficient (Wildman–Crippen LogP) is 3.97. The Balaban J connectivity index is 1.64. The van der Waals surface area contributed by atoms with Crippen LogP contribution in [0.4, 0.5) is 11.4 Å². The number of hydrogen-bond donors (Lipinski definition) is 1. The van der Waals surface area contributed by atoms with Crippen LogP contribution >= 0.6 is 0 Å². The van der Waals surface area contributed by atoms with Crippen LogP contribution in [0, 0.1) is 0 Å². The van der Waals surface area contributed by atoms with E-state index in [2.05, 4.69) is 34.4 Å². The number of hydrogen-bond acceptors (Lipinski definition) is 3. The van der Waals surface area contributed by atoms with Crippen LogP contribution < -0.4 is 10.2 Å². The number of pyridine rings is 1. The van der Waals surface area contributed by atoms with E-state index < -0.39 is 0 Å². The van der Waals surface area contributed by atoms with E-state index in [0.717, 1.165) is 17.9 Å². The Morgan fingerprint density at radius 3 is 2.42 bits per heavy atom. The highest BCUT2D eigenvalue weighted by Gasteiger charge is 2.06. The highest BCUT2D eigenvalue weighted by Crippen LogP contribution is 2.19. The summed E-state index contributed by atoms with van der Waals surface area (Å²) in [4.78, 5) is 18.2. The van der Waals surface area contributed by atoms with Gasteiger partial charge in [-0.2, -0.15) is 0 Å². The Morgan fingerprint density at radius 1 is 1.00 bits per heavy atom. The van der Waals surface area contributed by atoms with E-state index in [0.29, 0.717) is 5.56 Å². The normalized spacial score (nSPS) is 10.2. The second-order valence-electron chi connectivity index (χ2n) is 5.58. The minimum absolute atomic E-state index is 0.159. The predicted molar refractivity (Wildman–Crippen MR) is 97.2 cm³/mol. The van der Waals surface area contributed by atoms with Crippen molar-refractivity contribution in [3.63, 3.8) is 0 Å². The van der Waals surface area contributed by atoms with Gasteiger partial charge in [0.25, 0.3) is 5.91 Å². The second-order valence-corrected chi connectivity index (χ2v) is 5.58. The fourth-order valence-corrected chi connectivity index (χ4v) is 2.45. The third-order valence-corrected chi connectivity index (χ3v) is 3.75. The molecule has 0 saturated carbocycles. The zero-order valence-electron chi connectivity index (χ0n) is 13.5. The minimum Gasteiger partial charge on any atom is -0.370 e. The van der Waals surface area contributed by atoms with Crippen LogP contribution in [0.5, 0.6) is 0 Å². The van der Waals surface area contributed by atoms with Crippen LogP contribution in [0.1, 0.15) is 15.9 Å². The van der Waals surface area contributed by atoms with Crippen molar-refractivity contribution in [2.75, 3.05) is 17.3 Å². The maximum Gasteiger partial charge on any atom is 0.257 e. The third-order valence-electron chi connectivity index (χ3n) is 3.75. The zero-order valence-corrected chi connectivity index (χ0v) is 13.5. The average molecular weight is 317 g/mol. The van der Waals surface area contributed by atoms with Gasteiger partial charge in [-0.05, 0) is 42.0 Å². The number of carbonyl (C=O) groups is 1. The monoisotopic (exact) mass is 317 g/mol. The molecule has 0 atom stereocenters. The molecule has 0 aliphatic carbocycles. The lowest BCUT2D eigenvalue weighted by molar-refractivity contribution is 0.102. The summed E-state index contributed by atoms with van der Waals surface area (Å²) in [5, 5.41) is 2.88. The number of aromatic nitrogens is 1. The van der Waals surface area contributed by atoms with Crippen LogP contribution in [0.15, 0.2) is 79.1 Å². The molecule has 2 aromatic carbocycles. The molecule has 0 radical (unpaired) electrons. The maximum absolute atomic E-state index is 12.1. The van der Waals surface area contributed by atoms with Crippen LogP contribution in [0.3, 0.4) is 0 Å². The standard InChI is InChI=1S/C20H19N3O/c1-23(15-16-6-3-2-4-7-16)19-11-9-18(10-12-19)22-20(24)17-8-5-13-21-14-17/h2-14H,15H2,1H3,(H,22,24). The smallest absolute Gasteiger partial charge is 0.257 e. The van der Waals surface area contributed by atoms with E-state index in [-0.39, 0.29) is 5.91 Å². The van der Waals surface area contributed by atoms with Crippen molar-refractivity contribution in [1.29, 1.82) is 0 Å². The summed E-state index contributed by atoms with van der Waals surface area (Å²) >= 11 is 0. The lowest BCUT2D eigenvalue weighted by Gasteiger charge is -2.19. The summed E-state index contributed by atoms with van der Waals surface area (Å²) < 4.78 is 0. The second kappa shape index (κ2) is 7.42. The van der Waals surface area contributed by atoms with Gasteiger partial charge in [-0.3, -0.25) is 9.78 Å². The van der Waals surface area contributed by atoms with Crippen LogP contribution in [0.25, 0.3) is 0 Å². The summed E-state index contributed by atoms with van der Waals surface area (Å²) in [5.41, 5.74) is 3.66. The van der Waals surface area contributed by atoms with Gasteiger partial charge >= 0.3 is 0 Å². The molecule has 1 heterocycles. The van der Waals surface area contributed by atoms with Crippen LogP contribution in [-0.4, -0.2) is 17.9 Å². The van der Waals surface area contributed by atoms with Crippen molar-refractivity contribution in [1.82, 2.24) is 4.98 Å². The Kier molecular flexibility index (Phi) is 4.87. The van der Waals surface area contributed by atoms with E-state index in [1.54, 1.807) is 24.5 Å². The Hall–Kier alpha value is -3.14. The number of nitrogens with zero attached hydrogens (tertiary/aromatic N) is 2. The largest absolute Gasteiger partial charge is 0.370 e. The molecule has 1 N–H and O–H groups in total. The number of nitrogens with one attached hydrogen (secondary N) is 1. The first-order valence-electron chi connectivity index (χ1n) is 7.79. The topological polar surface area (TPSA) is 45.2 Å². The molecule has 3 rings (SSSR count). The molecule has 0 fully saturated rings. The average Bonchev–Trinajstić information content (AvgIpc) is 2.64. The molecule has 4 nitrogen and oxygen atoms in total. The molecule has 1 aromatic heterocycles. The van der Waals surface area contributed by atoms with Gasteiger partial charge in [0.2, 0.25) is 0 Å². The molecule has 0 unspecified atom stereocenters. The van der Waals surface area contributed by atoms with Gasteiger partial charge in [0, 0.05) is 37.4 Å².